The van der Waals surface area contributed by atoms with Crippen molar-refractivity contribution in [3.8, 4) is 11.4 Å². The number of amides is 1. The molecular weight excluding hydrogens is 320 g/mol. The molecule has 2 atom stereocenters. The molecule has 3 rings (SSSR count). The molecule has 1 aromatic carbocycles. The molecule has 7 nitrogen and oxygen atoms in total. The number of carbonyl (C=O) groups excluding carboxylic acids is 1. The van der Waals surface area contributed by atoms with E-state index in [4.69, 9.17) is 15.0 Å². The Labute approximate surface area is 147 Å². The zero-order chi connectivity index (χ0) is 17.6. The van der Waals surface area contributed by atoms with Gasteiger partial charge in [-0.25, -0.2) is 0 Å². The molecule has 0 saturated carbocycles. The number of nitrogens with two attached hydrogens (primary N) is 1. The van der Waals surface area contributed by atoms with Crippen molar-refractivity contribution in [2.45, 2.75) is 37.8 Å². The maximum Gasteiger partial charge on any atom is 0.249 e. The summed E-state index contributed by atoms with van der Waals surface area (Å²) in [6.07, 6.45) is 2.83. The highest BCUT2D eigenvalue weighted by Gasteiger charge is 2.33. The lowest BCUT2D eigenvalue weighted by atomic mass is 10.0. The van der Waals surface area contributed by atoms with E-state index < -0.39 is 0 Å². The van der Waals surface area contributed by atoms with Gasteiger partial charge in [0.05, 0.1) is 12.5 Å². The first-order valence-corrected chi connectivity index (χ1v) is 8.64. The van der Waals surface area contributed by atoms with Crippen molar-refractivity contribution in [2.24, 2.45) is 5.73 Å². The summed E-state index contributed by atoms with van der Waals surface area (Å²) in [7, 11) is 1.57. The van der Waals surface area contributed by atoms with Gasteiger partial charge in [0, 0.05) is 25.8 Å². The van der Waals surface area contributed by atoms with Crippen molar-refractivity contribution in [3.05, 3.63) is 36.2 Å². The molecule has 2 unspecified atom stereocenters. The maximum atomic E-state index is 12.7. The van der Waals surface area contributed by atoms with Crippen LogP contribution in [0.5, 0.6) is 0 Å². The van der Waals surface area contributed by atoms with Gasteiger partial charge >= 0.3 is 0 Å². The molecule has 1 fully saturated rings. The van der Waals surface area contributed by atoms with Gasteiger partial charge in [-0.1, -0.05) is 35.5 Å². The van der Waals surface area contributed by atoms with Crippen LogP contribution in [0.25, 0.3) is 11.4 Å². The zero-order valence-corrected chi connectivity index (χ0v) is 14.4. The third-order valence-corrected chi connectivity index (χ3v) is 4.58. The number of hydrogen-bond acceptors (Lipinski definition) is 6. The number of methoxy groups -OCH3 is 1. The number of nitrogens with zero attached hydrogens (tertiary/aromatic N) is 3. The number of aromatic nitrogens is 2. The summed E-state index contributed by atoms with van der Waals surface area (Å²) in [6.45, 7) is 1.01. The van der Waals surface area contributed by atoms with Crippen LogP contribution < -0.4 is 5.73 Å². The van der Waals surface area contributed by atoms with Crippen LogP contribution in [0, 0.1) is 0 Å². The van der Waals surface area contributed by atoms with Gasteiger partial charge in [0.25, 0.3) is 0 Å². The lowest BCUT2D eigenvalue weighted by Crippen LogP contribution is -2.41. The molecule has 1 aliphatic rings. The molecule has 1 aromatic heterocycles. The second-order valence-electron chi connectivity index (χ2n) is 6.22. The van der Waals surface area contributed by atoms with Crippen LogP contribution in [0.1, 0.15) is 37.6 Å². The minimum absolute atomic E-state index is 0.0152. The maximum absolute atomic E-state index is 12.7. The zero-order valence-electron chi connectivity index (χ0n) is 14.4. The number of rotatable bonds is 6. The number of benzene rings is 1. The number of hydrogen-bond donors (Lipinski definition) is 1. The van der Waals surface area contributed by atoms with Crippen molar-refractivity contribution in [1.29, 1.82) is 0 Å². The predicted molar refractivity (Wildman–Crippen MR) is 92.5 cm³/mol. The molecule has 7 heteroatoms. The van der Waals surface area contributed by atoms with Crippen LogP contribution in [0.15, 0.2) is 34.9 Å². The van der Waals surface area contributed by atoms with Gasteiger partial charge < -0.3 is 19.9 Å². The molecule has 2 heterocycles. The Morgan fingerprint density at radius 1 is 1.40 bits per heavy atom. The Bertz CT molecular complexity index is 685. The molecule has 134 valence electrons. The molecule has 1 aliphatic heterocycles. The summed E-state index contributed by atoms with van der Waals surface area (Å²) in [5.41, 5.74) is 6.54. The van der Waals surface area contributed by atoms with Gasteiger partial charge in [-0.05, 0) is 19.3 Å². The van der Waals surface area contributed by atoms with Crippen molar-refractivity contribution < 1.29 is 14.1 Å². The van der Waals surface area contributed by atoms with E-state index in [1.807, 2.05) is 35.2 Å². The van der Waals surface area contributed by atoms with Gasteiger partial charge in [0.15, 0.2) is 0 Å². The van der Waals surface area contributed by atoms with Gasteiger partial charge in [0.2, 0.25) is 17.6 Å². The number of piperidine rings is 1. The number of likely N-dealkylation sites (tertiary alicyclic amines) is 1. The Kier molecular flexibility index (Phi) is 5.78. The Balaban J connectivity index is 1.77. The minimum atomic E-state index is -0.266. The largest absolute Gasteiger partial charge is 0.380 e. The summed E-state index contributed by atoms with van der Waals surface area (Å²) in [5.74, 6) is 1.06. The smallest absolute Gasteiger partial charge is 0.249 e. The Morgan fingerprint density at radius 3 is 2.92 bits per heavy atom. The van der Waals surface area contributed by atoms with E-state index in [1.165, 1.54) is 0 Å². The SMILES string of the molecule is COC(CN)CC(=O)N1CCCCC1c1nc(-c2ccccc2)no1. The highest BCUT2D eigenvalue weighted by Crippen LogP contribution is 2.31. The molecular formula is C18H24N4O3. The molecule has 2 aromatic rings. The van der Waals surface area contributed by atoms with Crippen molar-refractivity contribution in [2.75, 3.05) is 20.2 Å². The summed E-state index contributed by atoms with van der Waals surface area (Å²) >= 11 is 0. The first kappa shape index (κ1) is 17.6. The van der Waals surface area contributed by atoms with Gasteiger partial charge in [-0.2, -0.15) is 4.98 Å². The summed E-state index contributed by atoms with van der Waals surface area (Å²) in [6, 6.07) is 9.49. The summed E-state index contributed by atoms with van der Waals surface area (Å²) in [5, 5.41) is 4.08. The first-order chi connectivity index (χ1) is 12.2. The Hall–Kier alpha value is -2.25. The highest BCUT2D eigenvalue weighted by atomic mass is 16.5. The van der Waals surface area contributed by atoms with Crippen molar-refractivity contribution in [3.63, 3.8) is 0 Å². The van der Waals surface area contributed by atoms with E-state index in [-0.39, 0.29) is 24.5 Å². The fraction of sp³-hybridized carbons (Fsp3) is 0.500. The standard InChI is InChI=1S/C18H24N4O3/c1-24-14(12-19)11-16(23)22-10-6-5-9-15(22)18-20-17(21-25-18)13-7-3-2-4-8-13/h2-4,7-8,14-15H,5-6,9-12,19H2,1H3. The third kappa shape index (κ3) is 4.05. The quantitative estimate of drug-likeness (QED) is 0.863. The van der Waals surface area contributed by atoms with Gasteiger partial charge in [-0.3, -0.25) is 4.79 Å². The van der Waals surface area contributed by atoms with Crippen molar-refractivity contribution >= 4 is 5.91 Å². The lowest BCUT2D eigenvalue weighted by Gasteiger charge is -2.34. The average molecular weight is 344 g/mol. The second-order valence-corrected chi connectivity index (χ2v) is 6.22. The van der Waals surface area contributed by atoms with Gasteiger partial charge in [-0.15, -0.1) is 0 Å². The molecule has 0 aliphatic carbocycles. The van der Waals surface area contributed by atoms with Crippen LogP contribution in [-0.4, -0.2) is 47.3 Å². The monoisotopic (exact) mass is 344 g/mol. The molecule has 2 N–H and O–H groups in total. The summed E-state index contributed by atoms with van der Waals surface area (Å²) in [4.78, 5) is 19.0. The second kappa shape index (κ2) is 8.22. The molecule has 1 saturated heterocycles. The highest BCUT2D eigenvalue weighted by molar-refractivity contribution is 5.77. The van der Waals surface area contributed by atoms with Crippen LogP contribution in [0.2, 0.25) is 0 Å². The van der Waals surface area contributed by atoms with Crippen LogP contribution in [0.3, 0.4) is 0 Å². The lowest BCUT2D eigenvalue weighted by molar-refractivity contribution is -0.138. The average Bonchev–Trinajstić information content (AvgIpc) is 3.16. The Morgan fingerprint density at radius 2 is 2.20 bits per heavy atom. The van der Waals surface area contributed by atoms with E-state index in [0.717, 1.165) is 24.8 Å². The van der Waals surface area contributed by atoms with E-state index >= 15 is 0 Å². The van der Waals surface area contributed by atoms with Crippen LogP contribution in [0.4, 0.5) is 0 Å². The van der Waals surface area contributed by atoms with E-state index in [2.05, 4.69) is 10.1 Å². The fourth-order valence-corrected chi connectivity index (χ4v) is 3.14. The van der Waals surface area contributed by atoms with Gasteiger partial charge in [0.1, 0.15) is 6.04 Å². The molecule has 1 amide bonds. The predicted octanol–water partition coefficient (Wildman–Crippen LogP) is 2.15. The normalized spacial score (nSPS) is 19.0. The van der Waals surface area contributed by atoms with Crippen LogP contribution >= 0.6 is 0 Å². The summed E-state index contributed by atoms with van der Waals surface area (Å²) < 4.78 is 10.7. The van der Waals surface area contributed by atoms with E-state index in [0.29, 0.717) is 24.8 Å². The minimum Gasteiger partial charge on any atom is -0.380 e. The molecule has 25 heavy (non-hydrogen) atoms. The first-order valence-electron chi connectivity index (χ1n) is 8.64. The van der Waals surface area contributed by atoms with E-state index in [1.54, 1.807) is 7.11 Å². The number of carbonyl (C=O) groups is 1. The van der Waals surface area contributed by atoms with Crippen molar-refractivity contribution in [1.82, 2.24) is 15.0 Å². The molecule has 0 spiro atoms. The molecule has 0 radical (unpaired) electrons. The fourth-order valence-electron chi connectivity index (χ4n) is 3.14. The third-order valence-electron chi connectivity index (χ3n) is 4.58. The topological polar surface area (TPSA) is 94.5 Å². The number of ether oxygens (including phenoxy) is 1. The van der Waals surface area contributed by atoms with Crippen LogP contribution in [-0.2, 0) is 9.53 Å². The molecule has 0 bridgehead atoms. The van der Waals surface area contributed by atoms with E-state index in [9.17, 15) is 4.79 Å².